The zero-order chi connectivity index (χ0) is 17.6. The molecule has 1 aliphatic heterocycles. The third kappa shape index (κ3) is 4.83. The summed E-state index contributed by atoms with van der Waals surface area (Å²) in [5, 5.41) is 5.44. The van der Waals surface area contributed by atoms with Crippen LogP contribution in [0.3, 0.4) is 0 Å². The van der Waals surface area contributed by atoms with Gasteiger partial charge in [-0.2, -0.15) is 0 Å². The van der Waals surface area contributed by atoms with Crippen LogP contribution in [0.2, 0.25) is 0 Å². The molecule has 0 spiro atoms. The van der Waals surface area contributed by atoms with E-state index < -0.39 is 0 Å². The van der Waals surface area contributed by atoms with Crippen LogP contribution in [0.25, 0.3) is 11.3 Å². The van der Waals surface area contributed by atoms with Crippen molar-refractivity contribution >= 4 is 39.4 Å². The van der Waals surface area contributed by atoms with Crippen LogP contribution < -0.4 is 5.32 Å². The second kappa shape index (κ2) is 8.49. The minimum Gasteiger partial charge on any atom is -0.332 e. The lowest BCUT2D eigenvalue weighted by Gasteiger charge is -2.13. The first-order valence-electron chi connectivity index (χ1n) is 8.42. The van der Waals surface area contributed by atoms with Crippen LogP contribution >= 0.6 is 23.1 Å². The average Bonchev–Trinajstić information content (AvgIpc) is 3.23. The maximum absolute atomic E-state index is 12.0. The maximum Gasteiger partial charge on any atom is 0.281 e. The van der Waals surface area contributed by atoms with Crippen molar-refractivity contribution in [3.05, 3.63) is 35.2 Å². The second-order valence-corrected chi connectivity index (χ2v) is 7.79. The molecule has 0 atom stereocenters. The van der Waals surface area contributed by atoms with E-state index in [0.717, 1.165) is 36.4 Å². The monoisotopic (exact) mass is 375 g/mol. The molecule has 1 aromatic heterocycles. The number of benzene rings is 1. The maximum atomic E-state index is 12.0. The third-order valence-corrected chi connectivity index (χ3v) is 5.64. The zero-order valence-corrected chi connectivity index (χ0v) is 15.8. The number of thioether (sulfide) groups is 1. The molecular formula is C18H21N3O2S2. The fraction of sp³-hybridized carbons (Fsp3) is 0.389. The molecule has 0 bridgehead atoms. The fourth-order valence-corrected chi connectivity index (χ4v) is 4.23. The van der Waals surface area contributed by atoms with Crippen molar-refractivity contribution in [2.24, 2.45) is 0 Å². The number of thiazole rings is 1. The molecule has 1 fully saturated rings. The van der Waals surface area contributed by atoms with Crippen molar-refractivity contribution in [2.45, 2.75) is 26.2 Å². The Morgan fingerprint density at radius 1 is 1.32 bits per heavy atom. The molecule has 2 amide bonds. The lowest BCUT2D eigenvalue weighted by atomic mass is 10.1. The summed E-state index contributed by atoms with van der Waals surface area (Å²) >= 11 is 2.73. The van der Waals surface area contributed by atoms with Crippen LogP contribution in [0.1, 0.15) is 25.3 Å². The van der Waals surface area contributed by atoms with Gasteiger partial charge in [0.25, 0.3) is 5.24 Å². The molecule has 0 aliphatic carbocycles. The molecule has 7 heteroatoms. The first-order chi connectivity index (χ1) is 12.2. The fourth-order valence-electron chi connectivity index (χ4n) is 2.64. The summed E-state index contributed by atoms with van der Waals surface area (Å²) in [6.45, 7) is 3.36. The summed E-state index contributed by atoms with van der Waals surface area (Å²) < 4.78 is 0. The Labute approximate surface area is 155 Å². The number of rotatable bonds is 7. The number of hydrogen-bond donors (Lipinski definition) is 1. The minimum absolute atomic E-state index is 0.0656. The van der Waals surface area contributed by atoms with Crippen LogP contribution in [0.5, 0.6) is 0 Å². The normalized spacial score (nSPS) is 14.1. The molecule has 1 aliphatic rings. The van der Waals surface area contributed by atoms with Gasteiger partial charge in [0.05, 0.1) is 5.69 Å². The van der Waals surface area contributed by atoms with Crippen LogP contribution in [0.15, 0.2) is 29.6 Å². The number of aryl methyl sites for hydroxylation is 1. The lowest BCUT2D eigenvalue weighted by molar-refractivity contribution is -0.116. The summed E-state index contributed by atoms with van der Waals surface area (Å²) in [6, 6.07) is 8.40. The molecule has 132 valence electrons. The van der Waals surface area contributed by atoms with Gasteiger partial charge < -0.3 is 10.2 Å². The van der Waals surface area contributed by atoms with Gasteiger partial charge in [-0.25, -0.2) is 4.98 Å². The number of carbonyl (C=O) groups is 2. The summed E-state index contributed by atoms with van der Waals surface area (Å²) in [4.78, 5) is 29.8. The molecule has 2 heterocycles. The standard InChI is InChI=1S/C18H21N3O2S2/c1-2-3-13-4-6-14(7-5-13)15-12-25-17(19-15)20-16(22)8-9-21-10-11-24-18(21)23/h4-7,12H,2-3,8-11H2,1H3,(H,19,20,22). The van der Waals surface area contributed by atoms with E-state index in [4.69, 9.17) is 0 Å². The van der Waals surface area contributed by atoms with E-state index >= 15 is 0 Å². The molecule has 3 rings (SSSR count). The number of aromatic nitrogens is 1. The Morgan fingerprint density at radius 2 is 2.12 bits per heavy atom. The van der Waals surface area contributed by atoms with Crippen molar-refractivity contribution < 1.29 is 9.59 Å². The number of nitrogens with one attached hydrogen (secondary N) is 1. The van der Waals surface area contributed by atoms with Gasteiger partial charge in [0.2, 0.25) is 5.91 Å². The highest BCUT2D eigenvalue weighted by atomic mass is 32.2. The average molecular weight is 376 g/mol. The van der Waals surface area contributed by atoms with E-state index in [1.165, 1.54) is 28.7 Å². The predicted molar refractivity (Wildman–Crippen MR) is 104 cm³/mol. The van der Waals surface area contributed by atoms with Crippen LogP contribution in [-0.4, -0.2) is 39.9 Å². The quantitative estimate of drug-likeness (QED) is 0.785. The van der Waals surface area contributed by atoms with Gasteiger partial charge in [0.15, 0.2) is 5.13 Å². The summed E-state index contributed by atoms with van der Waals surface area (Å²) in [5.41, 5.74) is 3.25. The van der Waals surface area contributed by atoms with Crippen molar-refractivity contribution in [1.82, 2.24) is 9.88 Å². The number of amides is 2. The summed E-state index contributed by atoms with van der Waals surface area (Å²) in [6.07, 6.45) is 2.51. The van der Waals surface area contributed by atoms with Crippen molar-refractivity contribution in [3.63, 3.8) is 0 Å². The van der Waals surface area contributed by atoms with E-state index in [-0.39, 0.29) is 11.1 Å². The van der Waals surface area contributed by atoms with E-state index in [2.05, 4.69) is 41.5 Å². The molecule has 5 nitrogen and oxygen atoms in total. The van der Waals surface area contributed by atoms with Gasteiger partial charge in [-0.15, -0.1) is 11.3 Å². The highest BCUT2D eigenvalue weighted by molar-refractivity contribution is 8.13. The van der Waals surface area contributed by atoms with Crippen molar-refractivity contribution in [2.75, 3.05) is 24.2 Å². The van der Waals surface area contributed by atoms with Gasteiger partial charge in [-0.3, -0.25) is 9.59 Å². The van der Waals surface area contributed by atoms with E-state index in [1.54, 1.807) is 4.90 Å². The first kappa shape index (κ1) is 17.9. The van der Waals surface area contributed by atoms with E-state index in [0.29, 0.717) is 18.1 Å². The second-order valence-electron chi connectivity index (χ2n) is 5.88. The SMILES string of the molecule is CCCc1ccc(-c2csc(NC(=O)CCN3CCSC3=O)n2)cc1. The Bertz CT molecular complexity index is 743. The first-order valence-corrected chi connectivity index (χ1v) is 10.3. The Hall–Kier alpha value is -1.86. The van der Waals surface area contributed by atoms with Crippen LogP contribution in [0.4, 0.5) is 9.93 Å². The number of carbonyl (C=O) groups excluding carboxylic acids is 2. The smallest absolute Gasteiger partial charge is 0.281 e. The largest absolute Gasteiger partial charge is 0.332 e. The molecule has 1 aromatic carbocycles. The van der Waals surface area contributed by atoms with Crippen LogP contribution in [0, 0.1) is 0 Å². The van der Waals surface area contributed by atoms with E-state index in [9.17, 15) is 9.59 Å². The molecule has 0 unspecified atom stereocenters. The van der Waals surface area contributed by atoms with Gasteiger partial charge in [0, 0.05) is 36.2 Å². The number of hydrogen-bond acceptors (Lipinski definition) is 5. The lowest BCUT2D eigenvalue weighted by Crippen LogP contribution is -2.27. The molecule has 0 saturated carbocycles. The van der Waals surface area contributed by atoms with Gasteiger partial charge in [0.1, 0.15) is 0 Å². The number of anilines is 1. The molecule has 1 N–H and O–H groups in total. The van der Waals surface area contributed by atoms with Gasteiger partial charge in [-0.05, 0) is 12.0 Å². The van der Waals surface area contributed by atoms with Crippen molar-refractivity contribution in [3.8, 4) is 11.3 Å². The molecular weight excluding hydrogens is 354 g/mol. The Kier molecular flexibility index (Phi) is 6.09. The summed E-state index contributed by atoms with van der Waals surface area (Å²) in [7, 11) is 0. The van der Waals surface area contributed by atoms with Gasteiger partial charge >= 0.3 is 0 Å². The van der Waals surface area contributed by atoms with Crippen molar-refractivity contribution in [1.29, 1.82) is 0 Å². The predicted octanol–water partition coefficient (Wildman–Crippen LogP) is 4.26. The van der Waals surface area contributed by atoms with Gasteiger partial charge in [-0.1, -0.05) is 49.4 Å². The highest BCUT2D eigenvalue weighted by Gasteiger charge is 2.21. The molecule has 1 saturated heterocycles. The Balaban J connectivity index is 1.54. The van der Waals surface area contributed by atoms with E-state index in [1.807, 2.05) is 5.38 Å². The molecule has 0 radical (unpaired) electrons. The third-order valence-electron chi connectivity index (χ3n) is 3.99. The Morgan fingerprint density at radius 3 is 2.80 bits per heavy atom. The molecule has 2 aromatic rings. The topological polar surface area (TPSA) is 62.3 Å². The minimum atomic E-state index is -0.108. The van der Waals surface area contributed by atoms with Crippen LogP contribution in [-0.2, 0) is 11.2 Å². The summed E-state index contributed by atoms with van der Waals surface area (Å²) in [5.74, 6) is 0.705. The number of nitrogens with zero attached hydrogens (tertiary/aromatic N) is 2. The zero-order valence-electron chi connectivity index (χ0n) is 14.2. The molecule has 25 heavy (non-hydrogen) atoms. The highest BCUT2D eigenvalue weighted by Crippen LogP contribution is 2.25.